The van der Waals surface area contributed by atoms with Gasteiger partial charge in [-0.2, -0.15) is 5.26 Å². The van der Waals surface area contributed by atoms with Gasteiger partial charge in [0.1, 0.15) is 50.3 Å². The number of allylic oxidation sites excluding steroid dienone is 2. The average molecular weight is 600 g/mol. The summed E-state index contributed by atoms with van der Waals surface area (Å²) in [5.41, 5.74) is 3.83. The molecule has 0 spiro atoms. The van der Waals surface area contributed by atoms with Crippen molar-refractivity contribution in [2.24, 2.45) is 0 Å². The van der Waals surface area contributed by atoms with E-state index in [4.69, 9.17) is 18.9 Å². The molecule has 11 nitrogen and oxygen atoms in total. The molecule has 0 bridgehead atoms. The molecule has 0 unspecified atom stereocenters. The van der Waals surface area contributed by atoms with E-state index in [9.17, 15) is 25.1 Å². The van der Waals surface area contributed by atoms with Gasteiger partial charge in [0.05, 0.1) is 18.2 Å². The zero-order chi connectivity index (χ0) is 31.3. The number of nitriles is 1. The molecule has 0 aliphatic carbocycles. The number of aliphatic hydroxyl groups is 1. The van der Waals surface area contributed by atoms with Crippen molar-refractivity contribution in [2.45, 2.75) is 26.1 Å². The lowest BCUT2D eigenvalue weighted by Gasteiger charge is -2.18. The Morgan fingerprint density at radius 3 is 2.66 bits per heavy atom. The standard InChI is InChI=1S/C33H33N3O8/c1-22-12-26(17-36-28(19-38)33(39)40)31(44-20-24-5-2-4-23(13-24)16-34)15-30(22)43-21-25(18-37)6-3-9-35-27-7-8-29-32(14-27)42-11-10-41-29/h2-9,12-15,18,28,35-36,38H,10-11,17,19-21H2,1H3,(H,39,40)/b9-3-,25-6+/t28-/m1/s1. The molecule has 1 heterocycles. The van der Waals surface area contributed by atoms with Gasteiger partial charge in [0, 0.05) is 41.7 Å². The largest absolute Gasteiger partial charge is 0.488 e. The first-order chi connectivity index (χ1) is 21.4. The van der Waals surface area contributed by atoms with Crippen molar-refractivity contribution in [2.75, 3.05) is 31.7 Å². The molecule has 1 aliphatic rings. The fourth-order valence-electron chi connectivity index (χ4n) is 4.24. The fraction of sp³-hybridized carbons (Fsp3) is 0.242. The van der Waals surface area contributed by atoms with Gasteiger partial charge in [-0.1, -0.05) is 18.2 Å². The van der Waals surface area contributed by atoms with Gasteiger partial charge in [0.2, 0.25) is 0 Å². The number of carboxylic acids is 1. The number of rotatable bonds is 15. The molecule has 3 aromatic carbocycles. The predicted octanol–water partition coefficient (Wildman–Crippen LogP) is 3.88. The first kappa shape index (κ1) is 31.6. The van der Waals surface area contributed by atoms with E-state index in [-0.39, 0.29) is 19.8 Å². The Labute approximate surface area is 254 Å². The monoisotopic (exact) mass is 599 g/mol. The third-order valence-electron chi connectivity index (χ3n) is 6.57. The lowest BCUT2D eigenvalue weighted by atomic mass is 10.1. The van der Waals surface area contributed by atoms with Gasteiger partial charge in [0.15, 0.2) is 11.5 Å². The molecule has 1 aliphatic heterocycles. The predicted molar refractivity (Wildman–Crippen MR) is 162 cm³/mol. The third kappa shape index (κ3) is 8.84. The Hall–Kier alpha value is -5.31. The molecule has 0 amide bonds. The molecule has 0 saturated carbocycles. The fourth-order valence-corrected chi connectivity index (χ4v) is 4.24. The number of carbonyl (C=O) groups excluding carboxylic acids is 1. The number of benzene rings is 3. The zero-order valence-corrected chi connectivity index (χ0v) is 24.1. The summed E-state index contributed by atoms with van der Waals surface area (Å²) in [5.74, 6) is 1.07. The number of ether oxygens (including phenoxy) is 4. The minimum Gasteiger partial charge on any atom is -0.488 e. The second kappa shape index (κ2) is 15.8. The normalized spacial score (nSPS) is 13.2. The number of fused-ring (bicyclic) bond motifs is 1. The molecule has 228 valence electrons. The van der Waals surface area contributed by atoms with E-state index in [2.05, 4.69) is 16.7 Å². The number of hydrogen-bond donors (Lipinski definition) is 4. The molecule has 0 aromatic heterocycles. The van der Waals surface area contributed by atoms with Gasteiger partial charge < -0.3 is 34.5 Å². The molecule has 0 fully saturated rings. The number of nitrogens with one attached hydrogen (secondary N) is 2. The highest BCUT2D eigenvalue weighted by Crippen LogP contribution is 2.33. The summed E-state index contributed by atoms with van der Waals surface area (Å²) in [5, 5.41) is 33.8. The second-order valence-electron chi connectivity index (χ2n) is 9.79. The highest BCUT2D eigenvalue weighted by atomic mass is 16.6. The van der Waals surface area contributed by atoms with Crippen LogP contribution >= 0.6 is 0 Å². The van der Waals surface area contributed by atoms with Gasteiger partial charge in [-0.15, -0.1) is 0 Å². The van der Waals surface area contributed by atoms with Crippen molar-refractivity contribution in [3.63, 3.8) is 0 Å². The molecule has 11 heteroatoms. The lowest BCUT2D eigenvalue weighted by molar-refractivity contribution is -0.140. The quantitative estimate of drug-likeness (QED) is 0.114. The number of nitrogens with zero attached hydrogens (tertiary/aromatic N) is 1. The van der Waals surface area contributed by atoms with E-state index in [0.29, 0.717) is 59.2 Å². The number of aliphatic carboxylic acids is 1. The van der Waals surface area contributed by atoms with Crippen LogP contribution in [0, 0.1) is 18.3 Å². The molecule has 1 atom stereocenters. The van der Waals surface area contributed by atoms with Crippen molar-refractivity contribution < 1.29 is 38.7 Å². The van der Waals surface area contributed by atoms with Gasteiger partial charge >= 0.3 is 5.97 Å². The van der Waals surface area contributed by atoms with Crippen molar-refractivity contribution in [3.8, 4) is 29.1 Å². The highest BCUT2D eigenvalue weighted by molar-refractivity contribution is 5.74. The first-order valence-electron chi connectivity index (χ1n) is 13.8. The van der Waals surface area contributed by atoms with Crippen LogP contribution < -0.4 is 29.6 Å². The Balaban J connectivity index is 1.44. The maximum absolute atomic E-state index is 11.7. The number of anilines is 1. The van der Waals surface area contributed by atoms with Crippen LogP contribution in [0.25, 0.3) is 0 Å². The topological polar surface area (TPSA) is 159 Å². The van der Waals surface area contributed by atoms with Crippen molar-refractivity contribution in [1.29, 1.82) is 5.26 Å². The van der Waals surface area contributed by atoms with Gasteiger partial charge in [-0.25, -0.2) is 0 Å². The summed E-state index contributed by atoms with van der Waals surface area (Å²) in [6, 6.07) is 16.9. The van der Waals surface area contributed by atoms with E-state index < -0.39 is 18.6 Å². The van der Waals surface area contributed by atoms with E-state index >= 15 is 0 Å². The third-order valence-corrected chi connectivity index (χ3v) is 6.57. The maximum atomic E-state index is 11.7. The molecular formula is C33H33N3O8. The van der Waals surface area contributed by atoms with Crippen LogP contribution in [0.1, 0.15) is 22.3 Å². The average Bonchev–Trinajstić information content (AvgIpc) is 3.04. The van der Waals surface area contributed by atoms with E-state index in [1.54, 1.807) is 48.7 Å². The van der Waals surface area contributed by atoms with E-state index in [1.165, 1.54) is 0 Å². The first-order valence-corrected chi connectivity index (χ1v) is 13.8. The zero-order valence-electron chi connectivity index (χ0n) is 24.1. The summed E-state index contributed by atoms with van der Waals surface area (Å²) in [7, 11) is 0. The smallest absolute Gasteiger partial charge is 0.323 e. The van der Waals surface area contributed by atoms with Crippen LogP contribution in [0.4, 0.5) is 5.69 Å². The Morgan fingerprint density at radius 1 is 1.09 bits per heavy atom. The van der Waals surface area contributed by atoms with E-state index in [1.807, 2.05) is 31.2 Å². The van der Waals surface area contributed by atoms with E-state index in [0.717, 1.165) is 16.8 Å². The second-order valence-corrected chi connectivity index (χ2v) is 9.79. The molecule has 0 saturated heterocycles. The van der Waals surface area contributed by atoms with Crippen LogP contribution in [0.2, 0.25) is 0 Å². The van der Waals surface area contributed by atoms with Gasteiger partial charge in [-0.3, -0.25) is 14.9 Å². The summed E-state index contributed by atoms with van der Waals surface area (Å²) in [4.78, 5) is 23.1. The van der Waals surface area contributed by atoms with Gasteiger partial charge in [-0.05, 0) is 54.5 Å². The van der Waals surface area contributed by atoms with Crippen molar-refractivity contribution in [3.05, 3.63) is 101 Å². The number of aryl methyl sites for hydroxylation is 1. The Kier molecular flexibility index (Phi) is 11.3. The minimum atomic E-state index is -1.18. The highest BCUT2D eigenvalue weighted by Gasteiger charge is 2.18. The maximum Gasteiger partial charge on any atom is 0.323 e. The molecule has 0 radical (unpaired) electrons. The summed E-state index contributed by atoms with van der Waals surface area (Å²) in [6.45, 7) is 2.50. The van der Waals surface area contributed by atoms with Gasteiger partial charge in [0.25, 0.3) is 0 Å². The number of aldehydes is 1. The Bertz CT molecular complexity index is 1580. The number of carboxylic acid groups (broad SMARTS) is 1. The van der Waals surface area contributed by atoms with Crippen molar-refractivity contribution in [1.82, 2.24) is 5.32 Å². The van der Waals surface area contributed by atoms with Crippen molar-refractivity contribution >= 4 is 17.9 Å². The number of hydrogen-bond acceptors (Lipinski definition) is 10. The van der Waals surface area contributed by atoms with Crippen LogP contribution in [0.3, 0.4) is 0 Å². The summed E-state index contributed by atoms with van der Waals surface area (Å²) < 4.78 is 23.2. The lowest BCUT2D eigenvalue weighted by Crippen LogP contribution is -2.39. The molecule has 3 aromatic rings. The molecular weight excluding hydrogens is 566 g/mol. The SMILES string of the molecule is Cc1cc(CN[C@H](CO)C(=O)O)c(OCc2cccc(C#N)c2)cc1OC/C(C=O)=C/C=C\Nc1ccc2c(c1)OCCO2. The molecule has 44 heavy (non-hydrogen) atoms. The number of aliphatic hydroxyl groups excluding tert-OH is 1. The molecule has 4 N–H and O–H groups in total. The number of carbonyl (C=O) groups is 2. The summed E-state index contributed by atoms with van der Waals surface area (Å²) >= 11 is 0. The van der Waals surface area contributed by atoms with Crippen LogP contribution in [0.15, 0.2) is 78.5 Å². The summed E-state index contributed by atoms with van der Waals surface area (Å²) in [6.07, 6.45) is 5.72. The van der Waals surface area contributed by atoms with Crippen LogP contribution in [-0.2, 0) is 22.7 Å². The van der Waals surface area contributed by atoms with Crippen LogP contribution in [-0.4, -0.2) is 54.9 Å². The molecule has 4 rings (SSSR count). The Morgan fingerprint density at radius 2 is 1.91 bits per heavy atom. The van der Waals surface area contributed by atoms with Crippen LogP contribution in [0.5, 0.6) is 23.0 Å². The minimum absolute atomic E-state index is 0.00838.